The minimum absolute atomic E-state index is 0. The van der Waals surface area contributed by atoms with Crippen molar-refractivity contribution in [3.63, 3.8) is 0 Å². The summed E-state index contributed by atoms with van der Waals surface area (Å²) >= 11 is -12.2. The number of rotatable bonds is 0. The molecule has 0 aromatic rings. The third kappa shape index (κ3) is 330. The van der Waals surface area contributed by atoms with Gasteiger partial charge < -0.3 is 0 Å². The van der Waals surface area contributed by atoms with Crippen molar-refractivity contribution >= 4 is 158 Å². The Hall–Kier alpha value is 3.61. The molecule has 9 nitrogen and oxygen atoms in total. The molecule has 0 amide bonds. The summed E-state index contributed by atoms with van der Waals surface area (Å²) in [5.41, 5.74) is 0. The summed E-state index contributed by atoms with van der Waals surface area (Å²) in [5, 5.41) is 0. The Balaban J connectivity index is -0.0000000184. The molecule has 0 N–H and O–H groups in total. The molecule has 0 aromatic heterocycles. The van der Waals surface area contributed by atoms with Crippen molar-refractivity contribution in [3.8, 4) is 0 Å². The molecule has 0 heterocycles. The molecule has 0 fully saturated rings. The van der Waals surface area contributed by atoms with E-state index in [-0.39, 0.29) is 113 Å². The second kappa shape index (κ2) is 30.6. The van der Waals surface area contributed by atoms with Crippen molar-refractivity contribution in [2.24, 2.45) is 0 Å². The topological polar surface area (TPSA) is 190 Å². The first-order valence-electron chi connectivity index (χ1n) is 1.84. The molecular formula is Ca3Ge3O9. The summed E-state index contributed by atoms with van der Waals surface area (Å²) < 4.78 is 77.2. The van der Waals surface area contributed by atoms with Gasteiger partial charge in [0, 0.05) is 0 Å². The average Bonchev–Trinajstić information content (AvgIpc) is 1.54. The van der Waals surface area contributed by atoms with Gasteiger partial charge in [0.1, 0.15) is 0 Å². The van der Waals surface area contributed by atoms with Crippen molar-refractivity contribution in [1.29, 1.82) is 0 Å². The maximum atomic E-state index is 8.58. The van der Waals surface area contributed by atoms with Gasteiger partial charge in [0.15, 0.2) is 0 Å². The zero-order chi connectivity index (χ0) is 10.7. The molecule has 0 aromatic carbocycles. The molecule has 0 saturated carbocycles. The minimum atomic E-state index is -4.08. The Morgan fingerprint density at radius 2 is 0.467 bits per heavy atom. The van der Waals surface area contributed by atoms with E-state index in [2.05, 4.69) is 0 Å². The van der Waals surface area contributed by atoms with E-state index in [0.717, 1.165) is 0 Å². The predicted molar refractivity (Wildman–Crippen MR) is 36.6 cm³/mol. The molecule has 0 spiro atoms. The summed E-state index contributed by atoms with van der Waals surface area (Å²) in [5.74, 6) is 0. The fraction of sp³-hybridized carbons (Fsp3) is 0. The second-order valence-corrected chi connectivity index (χ2v) is 3.90. The third-order valence-electron chi connectivity index (χ3n) is 0. The first-order valence-corrected chi connectivity index (χ1v) is 9.55. The number of hydrogen-bond acceptors (Lipinski definition) is 9. The van der Waals surface area contributed by atoms with Crippen LogP contribution in [-0.2, 0) is 11.3 Å². The van der Waals surface area contributed by atoms with Crippen molar-refractivity contribution < 1.29 is 36.1 Å². The van der Waals surface area contributed by atoms with Crippen LogP contribution in [0.4, 0.5) is 0 Å². The molecule has 0 bridgehead atoms. The molecule has 0 aliphatic rings. The van der Waals surface area contributed by atoms with E-state index < -0.39 is 44.9 Å². The van der Waals surface area contributed by atoms with E-state index in [4.69, 9.17) is 36.1 Å². The van der Waals surface area contributed by atoms with Crippen LogP contribution in [0, 0.1) is 0 Å². The number of hydrogen-bond donors (Lipinski definition) is 0. The van der Waals surface area contributed by atoms with Crippen molar-refractivity contribution in [3.05, 3.63) is 0 Å². The Morgan fingerprint density at radius 1 is 0.467 bits per heavy atom. The Kier molecular flexibility index (Phi) is 73.9. The molecule has 15 heavy (non-hydrogen) atoms. The van der Waals surface area contributed by atoms with Gasteiger partial charge in [-0.25, -0.2) is 0 Å². The zero-order valence-corrected chi connectivity index (χ0v) is 20.2. The van der Waals surface area contributed by atoms with Gasteiger partial charge >= 0.3 is 194 Å². The Bertz CT molecular complexity index is 118. The van der Waals surface area contributed by atoms with Crippen LogP contribution in [0.2, 0.25) is 0 Å². The normalized spacial score (nSPS) is 4.80. The van der Waals surface area contributed by atoms with Gasteiger partial charge in [-0.3, -0.25) is 0 Å². The van der Waals surface area contributed by atoms with Crippen LogP contribution < -0.4 is 24.8 Å². The second-order valence-electron chi connectivity index (χ2n) is 0.750. The SMILES string of the molecule is [Ca+2].[Ca+2].[Ca+2].[O]=[Ge]([O-])[O-].[O]=[Ge]([O-])[O-].[O]=[Ge]([O-])[O-]. The fourth-order valence-corrected chi connectivity index (χ4v) is 0. The van der Waals surface area contributed by atoms with Crippen molar-refractivity contribution in [1.82, 2.24) is 0 Å². The van der Waals surface area contributed by atoms with Gasteiger partial charge in [0.05, 0.1) is 0 Å². The molecule has 0 atom stereocenters. The van der Waals surface area contributed by atoms with E-state index in [0.29, 0.717) is 0 Å². The maximum absolute atomic E-state index is 8.58. The predicted octanol–water partition coefficient (Wildman–Crippen LogP) is -9.78. The monoisotopic (exact) mass is 486 g/mol. The van der Waals surface area contributed by atoms with Gasteiger partial charge in [0.2, 0.25) is 0 Å². The van der Waals surface area contributed by atoms with E-state index in [1.54, 1.807) is 0 Å². The standard InChI is InChI=1S/3Ca.3GeO3/c;;;3*2-1(3)4/q3*+2;3*-2. The average molecular weight is 482 g/mol. The summed E-state index contributed by atoms with van der Waals surface area (Å²) in [7, 11) is 0. The van der Waals surface area contributed by atoms with Crippen LogP contribution in [0.3, 0.4) is 0 Å². The summed E-state index contributed by atoms with van der Waals surface area (Å²) in [6.07, 6.45) is 0. The van der Waals surface area contributed by atoms with E-state index in [9.17, 15) is 0 Å². The quantitative estimate of drug-likeness (QED) is 0.302. The van der Waals surface area contributed by atoms with E-state index >= 15 is 0 Å². The van der Waals surface area contributed by atoms with Gasteiger partial charge in [-0.05, 0) is 0 Å². The molecule has 0 rings (SSSR count). The Labute approximate surface area is 189 Å². The fourth-order valence-electron chi connectivity index (χ4n) is 0. The summed E-state index contributed by atoms with van der Waals surface area (Å²) in [4.78, 5) is 0. The first-order chi connectivity index (χ1) is 5.20. The molecule has 0 aliphatic carbocycles. The molecule has 0 radical (unpaired) electrons. The molecule has 0 aliphatic heterocycles. The van der Waals surface area contributed by atoms with Gasteiger partial charge in [0.25, 0.3) is 0 Å². The van der Waals surface area contributed by atoms with Crippen LogP contribution in [0.15, 0.2) is 0 Å². The zero-order valence-electron chi connectivity index (χ0n) is 7.30. The molecule has 0 saturated heterocycles. The van der Waals surface area contributed by atoms with Crippen LogP contribution in [0.25, 0.3) is 0 Å². The van der Waals surface area contributed by atoms with Gasteiger partial charge in [-0.2, -0.15) is 0 Å². The van der Waals surface area contributed by atoms with E-state index in [1.165, 1.54) is 0 Å². The van der Waals surface area contributed by atoms with Crippen molar-refractivity contribution in [2.75, 3.05) is 0 Å². The summed E-state index contributed by atoms with van der Waals surface area (Å²) in [6, 6.07) is 0. The van der Waals surface area contributed by atoms with E-state index in [1.807, 2.05) is 0 Å². The van der Waals surface area contributed by atoms with Crippen LogP contribution in [-0.4, -0.2) is 158 Å². The van der Waals surface area contributed by atoms with Crippen molar-refractivity contribution in [2.45, 2.75) is 0 Å². The molecular weight excluding hydrogens is 482 g/mol. The molecule has 0 unspecified atom stereocenters. The molecule has 15 heteroatoms. The summed E-state index contributed by atoms with van der Waals surface area (Å²) in [6.45, 7) is 0. The van der Waals surface area contributed by atoms with Gasteiger partial charge in [-0.15, -0.1) is 0 Å². The van der Waals surface area contributed by atoms with Crippen LogP contribution in [0.1, 0.15) is 0 Å². The van der Waals surface area contributed by atoms with Crippen LogP contribution >= 0.6 is 0 Å². The first kappa shape index (κ1) is 36.3. The van der Waals surface area contributed by atoms with Gasteiger partial charge in [-0.1, -0.05) is 0 Å². The van der Waals surface area contributed by atoms with Crippen LogP contribution in [0.5, 0.6) is 0 Å². The third-order valence-corrected chi connectivity index (χ3v) is 0. The molecule has 72 valence electrons. The Morgan fingerprint density at radius 3 is 0.467 bits per heavy atom.